The van der Waals surface area contributed by atoms with E-state index in [0.29, 0.717) is 29.5 Å². The molecule has 0 aliphatic carbocycles. The minimum atomic E-state index is -0.184. The first kappa shape index (κ1) is 18.6. The van der Waals surface area contributed by atoms with Crippen LogP contribution in [0.1, 0.15) is 24.2 Å². The van der Waals surface area contributed by atoms with Gasteiger partial charge in [0.2, 0.25) is 0 Å². The first-order valence-corrected chi connectivity index (χ1v) is 8.37. The van der Waals surface area contributed by atoms with Gasteiger partial charge in [0.05, 0.1) is 19.8 Å². The quantitative estimate of drug-likeness (QED) is 0.770. The third kappa shape index (κ3) is 4.89. The normalized spacial score (nSPS) is 11.7. The van der Waals surface area contributed by atoms with E-state index in [1.807, 2.05) is 30.3 Å². The van der Waals surface area contributed by atoms with E-state index in [2.05, 4.69) is 24.5 Å². The topological polar surface area (TPSA) is 59.6 Å². The van der Waals surface area contributed by atoms with Gasteiger partial charge in [0, 0.05) is 18.3 Å². The van der Waals surface area contributed by atoms with Gasteiger partial charge in [0.25, 0.3) is 5.91 Å². The lowest BCUT2D eigenvalue weighted by molar-refractivity contribution is 0.0946. The van der Waals surface area contributed by atoms with Crippen molar-refractivity contribution in [3.63, 3.8) is 0 Å². The summed E-state index contributed by atoms with van der Waals surface area (Å²) in [4.78, 5) is 12.6. The Labute approximate surface area is 149 Å². The summed E-state index contributed by atoms with van der Waals surface area (Å²) in [7, 11) is 3.08. The van der Waals surface area contributed by atoms with Crippen molar-refractivity contribution in [1.29, 1.82) is 0 Å². The van der Waals surface area contributed by atoms with Gasteiger partial charge in [-0.25, -0.2) is 0 Å². The number of amides is 1. The zero-order valence-corrected chi connectivity index (χ0v) is 15.2. The van der Waals surface area contributed by atoms with Gasteiger partial charge in [-0.15, -0.1) is 0 Å². The number of nitrogens with one attached hydrogen (secondary N) is 2. The van der Waals surface area contributed by atoms with Crippen LogP contribution in [0.15, 0.2) is 48.5 Å². The highest BCUT2D eigenvalue weighted by molar-refractivity contribution is 5.97. The standard InChI is InChI=1S/C20H26N2O3/c1-14(2)17(22-15-9-6-5-7-10-15)13-21-20(23)16-11-8-12-18(24-3)19(16)25-4/h5-12,14,17,22H,13H2,1-4H3,(H,21,23). The fraction of sp³-hybridized carbons (Fsp3) is 0.350. The van der Waals surface area contributed by atoms with Gasteiger partial charge >= 0.3 is 0 Å². The van der Waals surface area contributed by atoms with Crippen molar-refractivity contribution < 1.29 is 14.3 Å². The lowest BCUT2D eigenvalue weighted by atomic mass is 10.0. The van der Waals surface area contributed by atoms with Crippen molar-refractivity contribution in [2.45, 2.75) is 19.9 Å². The molecule has 0 saturated heterocycles. The van der Waals surface area contributed by atoms with E-state index < -0.39 is 0 Å². The fourth-order valence-electron chi connectivity index (χ4n) is 2.57. The number of carbonyl (C=O) groups is 1. The Bertz CT molecular complexity index is 687. The molecule has 0 aliphatic heterocycles. The Hall–Kier alpha value is -2.69. The van der Waals surface area contributed by atoms with E-state index >= 15 is 0 Å². The summed E-state index contributed by atoms with van der Waals surface area (Å²) in [5, 5.41) is 6.46. The maximum absolute atomic E-state index is 12.6. The van der Waals surface area contributed by atoms with Crippen molar-refractivity contribution in [2.75, 3.05) is 26.1 Å². The maximum Gasteiger partial charge on any atom is 0.255 e. The van der Waals surface area contributed by atoms with Crippen LogP contribution < -0.4 is 20.1 Å². The molecule has 1 unspecified atom stereocenters. The molecule has 0 aliphatic rings. The average Bonchev–Trinajstić information content (AvgIpc) is 2.64. The van der Waals surface area contributed by atoms with Crippen LogP contribution in [0.4, 0.5) is 5.69 Å². The minimum absolute atomic E-state index is 0.114. The molecule has 0 heterocycles. The molecule has 0 aromatic heterocycles. The van der Waals surface area contributed by atoms with Crippen LogP contribution in [-0.4, -0.2) is 32.7 Å². The summed E-state index contributed by atoms with van der Waals surface area (Å²) in [5.74, 6) is 1.15. The van der Waals surface area contributed by atoms with Crippen molar-refractivity contribution in [1.82, 2.24) is 5.32 Å². The zero-order valence-electron chi connectivity index (χ0n) is 15.2. The number of anilines is 1. The van der Waals surface area contributed by atoms with Crippen LogP contribution in [0.25, 0.3) is 0 Å². The number of hydrogen-bond donors (Lipinski definition) is 2. The molecular formula is C20H26N2O3. The van der Waals surface area contributed by atoms with Gasteiger partial charge in [-0.2, -0.15) is 0 Å². The van der Waals surface area contributed by atoms with Gasteiger partial charge < -0.3 is 20.1 Å². The molecule has 2 N–H and O–H groups in total. The number of hydrogen-bond acceptors (Lipinski definition) is 4. The molecule has 2 aromatic rings. The zero-order chi connectivity index (χ0) is 18.2. The summed E-state index contributed by atoms with van der Waals surface area (Å²) < 4.78 is 10.6. The minimum Gasteiger partial charge on any atom is -0.493 e. The highest BCUT2D eigenvalue weighted by Crippen LogP contribution is 2.30. The van der Waals surface area contributed by atoms with Gasteiger partial charge in [-0.3, -0.25) is 4.79 Å². The van der Waals surface area contributed by atoms with Crippen LogP contribution in [-0.2, 0) is 0 Å². The summed E-state index contributed by atoms with van der Waals surface area (Å²) in [6, 6.07) is 15.4. The molecule has 0 saturated carbocycles. The first-order valence-electron chi connectivity index (χ1n) is 8.37. The van der Waals surface area contributed by atoms with Crippen LogP contribution in [0.2, 0.25) is 0 Å². The van der Waals surface area contributed by atoms with Gasteiger partial charge in [-0.1, -0.05) is 38.1 Å². The summed E-state index contributed by atoms with van der Waals surface area (Å²) in [6.45, 7) is 4.75. The lowest BCUT2D eigenvalue weighted by Crippen LogP contribution is -2.39. The number of methoxy groups -OCH3 is 2. The molecule has 0 bridgehead atoms. The Morgan fingerprint density at radius 2 is 1.72 bits per heavy atom. The predicted octanol–water partition coefficient (Wildman–Crippen LogP) is 3.57. The maximum atomic E-state index is 12.6. The van der Waals surface area contributed by atoms with Gasteiger partial charge in [0.1, 0.15) is 0 Å². The SMILES string of the molecule is COc1cccc(C(=O)NCC(Nc2ccccc2)C(C)C)c1OC. The van der Waals surface area contributed by atoms with Crippen LogP contribution in [0.5, 0.6) is 11.5 Å². The van der Waals surface area contributed by atoms with Crippen molar-refractivity contribution in [2.24, 2.45) is 5.92 Å². The molecule has 1 atom stereocenters. The van der Waals surface area contributed by atoms with Crippen LogP contribution in [0.3, 0.4) is 0 Å². The highest BCUT2D eigenvalue weighted by Gasteiger charge is 2.19. The van der Waals surface area contributed by atoms with E-state index in [1.54, 1.807) is 25.3 Å². The number of para-hydroxylation sites is 2. The molecule has 2 aromatic carbocycles. The third-order valence-electron chi connectivity index (χ3n) is 4.06. The number of rotatable bonds is 8. The first-order chi connectivity index (χ1) is 12.1. The second-order valence-electron chi connectivity index (χ2n) is 6.11. The molecule has 5 nitrogen and oxygen atoms in total. The summed E-state index contributed by atoms with van der Waals surface area (Å²) in [6.07, 6.45) is 0. The number of ether oxygens (including phenoxy) is 2. The fourth-order valence-corrected chi connectivity index (χ4v) is 2.57. The van der Waals surface area contributed by atoms with Crippen molar-refractivity contribution in [3.8, 4) is 11.5 Å². The Kier molecular flexibility index (Phi) is 6.69. The molecule has 0 fully saturated rings. The van der Waals surface area contributed by atoms with Crippen LogP contribution >= 0.6 is 0 Å². The van der Waals surface area contributed by atoms with E-state index in [-0.39, 0.29) is 11.9 Å². The second kappa shape index (κ2) is 8.97. The largest absolute Gasteiger partial charge is 0.493 e. The van der Waals surface area contributed by atoms with E-state index in [1.165, 1.54) is 7.11 Å². The molecule has 2 rings (SSSR count). The summed E-state index contributed by atoms with van der Waals surface area (Å²) >= 11 is 0. The molecule has 25 heavy (non-hydrogen) atoms. The van der Waals surface area contributed by atoms with Crippen molar-refractivity contribution in [3.05, 3.63) is 54.1 Å². The molecule has 0 radical (unpaired) electrons. The van der Waals surface area contributed by atoms with Crippen LogP contribution in [0, 0.1) is 5.92 Å². The Morgan fingerprint density at radius 3 is 2.32 bits per heavy atom. The Morgan fingerprint density at radius 1 is 1.00 bits per heavy atom. The van der Waals surface area contributed by atoms with Gasteiger partial charge in [-0.05, 0) is 30.2 Å². The second-order valence-corrected chi connectivity index (χ2v) is 6.11. The van der Waals surface area contributed by atoms with E-state index in [9.17, 15) is 4.79 Å². The van der Waals surface area contributed by atoms with Crippen molar-refractivity contribution >= 4 is 11.6 Å². The highest BCUT2D eigenvalue weighted by atomic mass is 16.5. The molecule has 134 valence electrons. The third-order valence-corrected chi connectivity index (χ3v) is 4.06. The lowest BCUT2D eigenvalue weighted by Gasteiger charge is -2.24. The Balaban J connectivity index is 2.06. The smallest absolute Gasteiger partial charge is 0.255 e. The monoisotopic (exact) mass is 342 g/mol. The molecule has 5 heteroatoms. The molecular weight excluding hydrogens is 316 g/mol. The summed E-state index contributed by atoms with van der Waals surface area (Å²) in [5.41, 5.74) is 1.50. The molecule has 0 spiro atoms. The van der Waals surface area contributed by atoms with Gasteiger partial charge in [0.15, 0.2) is 11.5 Å². The number of carbonyl (C=O) groups excluding carboxylic acids is 1. The number of benzene rings is 2. The molecule has 1 amide bonds. The van der Waals surface area contributed by atoms with E-state index in [4.69, 9.17) is 9.47 Å². The van der Waals surface area contributed by atoms with E-state index in [0.717, 1.165) is 5.69 Å². The average molecular weight is 342 g/mol. The predicted molar refractivity (Wildman–Crippen MR) is 101 cm³/mol.